The number of carbonyl (C=O) groups excluding carboxylic acids is 1. The molecule has 1 N–H and O–H groups in total. The van der Waals surface area contributed by atoms with Crippen LogP contribution >= 0.6 is 11.8 Å². The number of aryl methyl sites for hydroxylation is 1. The molecule has 0 radical (unpaired) electrons. The minimum Gasteiger partial charge on any atom is -0.353 e. The van der Waals surface area contributed by atoms with Gasteiger partial charge in [-0.25, -0.2) is 0 Å². The normalized spacial score (nSPS) is 15.2. The molecule has 1 heterocycles. The van der Waals surface area contributed by atoms with Crippen molar-refractivity contribution in [1.82, 2.24) is 9.88 Å². The maximum atomic E-state index is 12.3. The molecule has 1 aliphatic carbocycles. The largest absolute Gasteiger partial charge is 0.353 e. The summed E-state index contributed by atoms with van der Waals surface area (Å²) >= 11 is 1.45. The Kier molecular flexibility index (Phi) is 5.06. The fraction of sp³-hybridized carbons (Fsp3) is 0.444. The van der Waals surface area contributed by atoms with Crippen molar-refractivity contribution in [3.8, 4) is 0 Å². The van der Waals surface area contributed by atoms with Gasteiger partial charge in [0.1, 0.15) is 0 Å². The van der Waals surface area contributed by atoms with Gasteiger partial charge in [-0.2, -0.15) is 0 Å². The molecule has 1 aromatic heterocycles. The SMILES string of the molecule is CCn1c(=O)cc(SCC(=O)NC2CCCC2)c2ccccc21. The van der Waals surface area contributed by atoms with E-state index in [-0.39, 0.29) is 11.5 Å². The summed E-state index contributed by atoms with van der Waals surface area (Å²) in [6, 6.07) is 9.87. The number of thioether (sulfide) groups is 1. The van der Waals surface area contributed by atoms with Crippen molar-refractivity contribution in [3.63, 3.8) is 0 Å². The molecular formula is C18H22N2O2S. The molecule has 0 spiro atoms. The van der Waals surface area contributed by atoms with Gasteiger partial charge in [-0.1, -0.05) is 31.0 Å². The van der Waals surface area contributed by atoms with Crippen molar-refractivity contribution in [2.45, 2.75) is 50.1 Å². The second-order valence-corrected chi connectivity index (χ2v) is 6.96. The van der Waals surface area contributed by atoms with Crippen LogP contribution in [0.3, 0.4) is 0 Å². The summed E-state index contributed by atoms with van der Waals surface area (Å²) in [7, 11) is 0. The van der Waals surface area contributed by atoms with Gasteiger partial charge < -0.3 is 9.88 Å². The lowest BCUT2D eigenvalue weighted by atomic mass is 10.2. The fourth-order valence-electron chi connectivity index (χ4n) is 3.23. The van der Waals surface area contributed by atoms with Gasteiger partial charge >= 0.3 is 0 Å². The highest BCUT2D eigenvalue weighted by Crippen LogP contribution is 2.26. The molecule has 0 atom stereocenters. The third-order valence-electron chi connectivity index (χ3n) is 4.38. The molecule has 0 aliphatic heterocycles. The van der Waals surface area contributed by atoms with Crippen molar-refractivity contribution in [2.24, 2.45) is 0 Å². The minimum atomic E-state index is -0.00935. The fourth-order valence-corrected chi connectivity index (χ4v) is 4.11. The molecule has 0 bridgehead atoms. The summed E-state index contributed by atoms with van der Waals surface area (Å²) in [4.78, 5) is 25.2. The topological polar surface area (TPSA) is 51.1 Å². The number of hydrogen-bond donors (Lipinski definition) is 1. The third kappa shape index (κ3) is 3.61. The van der Waals surface area contributed by atoms with Crippen LogP contribution in [0.1, 0.15) is 32.6 Å². The quantitative estimate of drug-likeness (QED) is 0.857. The molecule has 1 amide bonds. The highest BCUT2D eigenvalue weighted by atomic mass is 32.2. The van der Waals surface area contributed by atoms with Crippen molar-refractivity contribution in [2.75, 3.05) is 5.75 Å². The van der Waals surface area contributed by atoms with Gasteiger partial charge in [-0.3, -0.25) is 9.59 Å². The second kappa shape index (κ2) is 7.21. The van der Waals surface area contributed by atoms with E-state index >= 15 is 0 Å². The van der Waals surface area contributed by atoms with Crippen LogP contribution < -0.4 is 10.9 Å². The highest BCUT2D eigenvalue weighted by Gasteiger charge is 2.17. The number of benzene rings is 1. The number of para-hydroxylation sites is 1. The average Bonchev–Trinajstić information content (AvgIpc) is 3.05. The number of pyridine rings is 1. The number of aromatic nitrogens is 1. The lowest BCUT2D eigenvalue weighted by molar-refractivity contribution is -0.119. The number of rotatable bonds is 5. The Labute approximate surface area is 140 Å². The Morgan fingerprint density at radius 2 is 2.04 bits per heavy atom. The predicted molar refractivity (Wildman–Crippen MR) is 95.0 cm³/mol. The molecule has 5 heteroatoms. The van der Waals surface area contributed by atoms with Gasteiger partial charge in [-0.05, 0) is 25.8 Å². The van der Waals surface area contributed by atoms with Gasteiger partial charge in [-0.15, -0.1) is 11.8 Å². The molecule has 2 aromatic rings. The zero-order valence-corrected chi connectivity index (χ0v) is 14.2. The third-order valence-corrected chi connectivity index (χ3v) is 5.43. The van der Waals surface area contributed by atoms with Gasteiger partial charge in [0, 0.05) is 28.9 Å². The Morgan fingerprint density at radius 3 is 2.78 bits per heavy atom. The Hall–Kier alpha value is -1.75. The summed E-state index contributed by atoms with van der Waals surface area (Å²) in [5.74, 6) is 0.418. The molecule has 4 nitrogen and oxygen atoms in total. The van der Waals surface area contributed by atoms with E-state index in [4.69, 9.17) is 0 Å². The van der Waals surface area contributed by atoms with Gasteiger partial charge in [0.15, 0.2) is 0 Å². The number of amides is 1. The van der Waals surface area contributed by atoms with Crippen LogP contribution in [0.5, 0.6) is 0 Å². The first kappa shape index (κ1) is 16.1. The molecule has 122 valence electrons. The summed E-state index contributed by atoms with van der Waals surface area (Å²) in [6.45, 7) is 2.61. The van der Waals surface area contributed by atoms with Crippen molar-refractivity contribution < 1.29 is 4.79 Å². The summed E-state index contributed by atoms with van der Waals surface area (Å²) in [5, 5.41) is 4.13. The molecule has 0 unspecified atom stereocenters. The van der Waals surface area contributed by atoms with Crippen LogP contribution in [-0.4, -0.2) is 22.3 Å². The smallest absolute Gasteiger partial charge is 0.252 e. The molecule has 0 saturated heterocycles. The second-order valence-electron chi connectivity index (χ2n) is 5.95. The molecule has 23 heavy (non-hydrogen) atoms. The Balaban J connectivity index is 1.77. The first-order valence-corrected chi connectivity index (χ1v) is 9.22. The zero-order valence-electron chi connectivity index (χ0n) is 13.4. The van der Waals surface area contributed by atoms with Crippen molar-refractivity contribution in [3.05, 3.63) is 40.7 Å². The van der Waals surface area contributed by atoms with Gasteiger partial charge in [0.2, 0.25) is 5.91 Å². The number of carbonyl (C=O) groups is 1. The molecule has 1 saturated carbocycles. The van der Waals surface area contributed by atoms with Crippen LogP contribution in [0, 0.1) is 0 Å². The number of fused-ring (bicyclic) bond motifs is 1. The van der Waals surface area contributed by atoms with Crippen LogP contribution in [-0.2, 0) is 11.3 Å². The van der Waals surface area contributed by atoms with E-state index in [1.807, 2.05) is 31.2 Å². The average molecular weight is 330 g/mol. The lowest BCUT2D eigenvalue weighted by Crippen LogP contribution is -2.33. The van der Waals surface area contributed by atoms with Crippen LogP contribution in [0.15, 0.2) is 40.0 Å². The van der Waals surface area contributed by atoms with Crippen LogP contribution in [0.25, 0.3) is 10.9 Å². The maximum absolute atomic E-state index is 12.3. The van der Waals surface area contributed by atoms with E-state index in [1.165, 1.54) is 24.6 Å². The Morgan fingerprint density at radius 1 is 1.30 bits per heavy atom. The van der Waals surface area contributed by atoms with E-state index in [0.29, 0.717) is 18.3 Å². The zero-order chi connectivity index (χ0) is 16.2. The number of nitrogens with zero attached hydrogens (tertiary/aromatic N) is 1. The summed E-state index contributed by atoms with van der Waals surface area (Å²) < 4.78 is 1.76. The van der Waals surface area contributed by atoms with Crippen LogP contribution in [0.2, 0.25) is 0 Å². The van der Waals surface area contributed by atoms with Crippen molar-refractivity contribution in [1.29, 1.82) is 0 Å². The van der Waals surface area contributed by atoms with Gasteiger partial charge in [0.05, 0.1) is 11.3 Å². The van der Waals surface area contributed by atoms with E-state index in [2.05, 4.69) is 5.32 Å². The molecule has 3 rings (SSSR count). The van der Waals surface area contributed by atoms with Gasteiger partial charge in [0.25, 0.3) is 5.56 Å². The first-order valence-electron chi connectivity index (χ1n) is 8.24. The van der Waals surface area contributed by atoms with Crippen molar-refractivity contribution >= 4 is 28.6 Å². The standard InChI is InChI=1S/C18H22N2O2S/c1-2-20-15-10-6-5-9-14(15)16(11-18(20)22)23-12-17(21)19-13-7-3-4-8-13/h5-6,9-11,13H,2-4,7-8,12H2,1H3,(H,19,21). The maximum Gasteiger partial charge on any atom is 0.252 e. The Bertz CT molecular complexity index is 763. The first-order chi connectivity index (χ1) is 11.2. The molecule has 1 aromatic carbocycles. The van der Waals surface area contributed by atoms with E-state index in [0.717, 1.165) is 28.6 Å². The van der Waals surface area contributed by atoms with E-state index in [1.54, 1.807) is 10.6 Å². The van der Waals surface area contributed by atoms with E-state index < -0.39 is 0 Å². The predicted octanol–water partition coefficient (Wildman–Crippen LogP) is 3.17. The molecule has 1 fully saturated rings. The molecule has 1 aliphatic rings. The summed E-state index contributed by atoms with van der Waals surface area (Å²) in [5.41, 5.74) is 0.922. The van der Waals surface area contributed by atoms with E-state index in [9.17, 15) is 9.59 Å². The summed E-state index contributed by atoms with van der Waals surface area (Å²) in [6.07, 6.45) is 4.59. The highest BCUT2D eigenvalue weighted by molar-refractivity contribution is 8.00. The number of nitrogens with one attached hydrogen (secondary N) is 1. The minimum absolute atomic E-state index is 0.00935. The van der Waals surface area contributed by atoms with Crippen LogP contribution in [0.4, 0.5) is 0 Å². The number of hydrogen-bond acceptors (Lipinski definition) is 3. The molecular weight excluding hydrogens is 308 g/mol. The lowest BCUT2D eigenvalue weighted by Gasteiger charge is -2.13. The monoisotopic (exact) mass is 330 g/mol.